The molecule has 2 heterocycles. The number of rotatable bonds is 6. The van der Waals surface area contributed by atoms with Gasteiger partial charge < -0.3 is 14.7 Å². The third kappa shape index (κ3) is 5.32. The fourth-order valence-corrected chi connectivity index (χ4v) is 3.54. The molecule has 1 atom stereocenters. The average Bonchev–Trinajstić information content (AvgIpc) is 3.17. The van der Waals surface area contributed by atoms with E-state index in [0.29, 0.717) is 13.1 Å². The molecule has 27 heavy (non-hydrogen) atoms. The van der Waals surface area contributed by atoms with Crippen LogP contribution in [0.2, 0.25) is 0 Å². The van der Waals surface area contributed by atoms with Crippen LogP contribution in [0.3, 0.4) is 0 Å². The molecule has 0 spiro atoms. The Morgan fingerprint density at radius 1 is 1.30 bits per heavy atom. The highest BCUT2D eigenvalue weighted by Gasteiger charge is 2.25. The lowest BCUT2D eigenvalue weighted by Gasteiger charge is -2.37. The number of aryl methyl sites for hydroxylation is 1. The van der Waals surface area contributed by atoms with Gasteiger partial charge in [0.15, 0.2) is 0 Å². The van der Waals surface area contributed by atoms with Crippen molar-refractivity contribution in [1.82, 2.24) is 20.3 Å². The summed E-state index contributed by atoms with van der Waals surface area (Å²) < 4.78 is 4.83. The molecule has 6 nitrogen and oxygen atoms in total. The summed E-state index contributed by atoms with van der Waals surface area (Å²) in [5.41, 5.74) is 3.25. The monoisotopic (exact) mass is 370 g/mol. The van der Waals surface area contributed by atoms with Crippen LogP contribution in [-0.4, -0.2) is 47.7 Å². The summed E-state index contributed by atoms with van der Waals surface area (Å²) >= 11 is 0. The van der Waals surface area contributed by atoms with Crippen LogP contribution in [0, 0.1) is 12.8 Å². The van der Waals surface area contributed by atoms with Crippen LogP contribution in [0.4, 0.5) is 4.79 Å². The van der Waals surface area contributed by atoms with Crippen LogP contribution in [0.25, 0.3) is 0 Å². The van der Waals surface area contributed by atoms with Crippen molar-refractivity contribution >= 4 is 6.03 Å². The molecule has 1 fully saturated rings. The number of hydrogen-bond acceptors (Lipinski definition) is 4. The maximum atomic E-state index is 12.5. The van der Waals surface area contributed by atoms with Gasteiger partial charge >= 0.3 is 6.03 Å². The number of carbonyl (C=O) groups is 1. The molecule has 1 aliphatic heterocycles. The first-order chi connectivity index (χ1) is 13.0. The lowest BCUT2D eigenvalue weighted by atomic mass is 9.95. The smallest absolute Gasteiger partial charge is 0.317 e. The molecule has 1 N–H and O–H groups in total. The maximum Gasteiger partial charge on any atom is 0.317 e. The van der Waals surface area contributed by atoms with Crippen molar-refractivity contribution in [2.45, 2.75) is 39.3 Å². The molecule has 1 saturated heterocycles. The SMILES string of the molecule is Cc1ccc([C@H](CNC(=O)N(C)Cc2ccon2)N2CCC(C)CC2)cc1. The van der Waals surface area contributed by atoms with Crippen LogP contribution >= 0.6 is 0 Å². The predicted molar refractivity (Wildman–Crippen MR) is 105 cm³/mol. The van der Waals surface area contributed by atoms with Gasteiger partial charge in [-0.15, -0.1) is 0 Å². The third-order valence-corrected chi connectivity index (χ3v) is 5.40. The minimum Gasteiger partial charge on any atom is -0.364 e. The van der Waals surface area contributed by atoms with Crippen molar-refractivity contribution in [3.63, 3.8) is 0 Å². The number of nitrogens with one attached hydrogen (secondary N) is 1. The van der Waals surface area contributed by atoms with Crippen molar-refractivity contribution < 1.29 is 9.32 Å². The van der Waals surface area contributed by atoms with Gasteiger partial charge in [-0.1, -0.05) is 41.9 Å². The predicted octanol–water partition coefficient (Wildman–Crippen LogP) is 3.60. The van der Waals surface area contributed by atoms with Crippen LogP contribution < -0.4 is 5.32 Å². The zero-order valence-corrected chi connectivity index (χ0v) is 16.5. The van der Waals surface area contributed by atoms with Gasteiger partial charge in [0.1, 0.15) is 12.0 Å². The van der Waals surface area contributed by atoms with Crippen LogP contribution in [0.5, 0.6) is 0 Å². The lowest BCUT2D eigenvalue weighted by molar-refractivity contribution is 0.133. The fourth-order valence-electron chi connectivity index (χ4n) is 3.54. The molecule has 1 aromatic heterocycles. The number of hydrogen-bond donors (Lipinski definition) is 1. The highest BCUT2D eigenvalue weighted by atomic mass is 16.5. The Morgan fingerprint density at radius 2 is 2.00 bits per heavy atom. The quantitative estimate of drug-likeness (QED) is 0.844. The Bertz CT molecular complexity index is 706. The number of amides is 2. The maximum absolute atomic E-state index is 12.5. The molecule has 0 aliphatic carbocycles. The van der Waals surface area contributed by atoms with E-state index in [9.17, 15) is 4.79 Å². The molecule has 3 rings (SSSR count). The minimum absolute atomic E-state index is 0.0968. The summed E-state index contributed by atoms with van der Waals surface area (Å²) in [6, 6.07) is 10.5. The minimum atomic E-state index is -0.0968. The Kier molecular flexibility index (Phi) is 6.50. The highest BCUT2D eigenvalue weighted by Crippen LogP contribution is 2.26. The van der Waals surface area contributed by atoms with E-state index in [-0.39, 0.29) is 12.1 Å². The first-order valence-electron chi connectivity index (χ1n) is 9.71. The van der Waals surface area contributed by atoms with Gasteiger partial charge in [0.25, 0.3) is 0 Å². The Balaban J connectivity index is 1.63. The van der Waals surface area contributed by atoms with E-state index >= 15 is 0 Å². The summed E-state index contributed by atoms with van der Waals surface area (Å²) in [7, 11) is 1.77. The summed E-state index contributed by atoms with van der Waals surface area (Å²) in [6.07, 6.45) is 3.94. The van der Waals surface area contributed by atoms with E-state index < -0.39 is 0 Å². The van der Waals surface area contributed by atoms with Gasteiger partial charge in [0.05, 0.1) is 12.6 Å². The van der Waals surface area contributed by atoms with Gasteiger partial charge in [-0.3, -0.25) is 4.90 Å². The van der Waals surface area contributed by atoms with Crippen LogP contribution in [-0.2, 0) is 6.54 Å². The molecule has 146 valence electrons. The molecular formula is C21H30N4O2. The second-order valence-corrected chi connectivity index (χ2v) is 7.68. The van der Waals surface area contributed by atoms with E-state index in [2.05, 4.69) is 53.5 Å². The summed E-state index contributed by atoms with van der Waals surface area (Å²) in [6.45, 7) is 7.59. The van der Waals surface area contributed by atoms with E-state index in [4.69, 9.17) is 4.52 Å². The Labute approximate surface area is 161 Å². The van der Waals surface area contributed by atoms with Gasteiger partial charge in [0, 0.05) is 19.7 Å². The van der Waals surface area contributed by atoms with Gasteiger partial charge in [-0.25, -0.2) is 4.79 Å². The zero-order chi connectivity index (χ0) is 19.2. The molecule has 2 amide bonds. The van der Waals surface area contributed by atoms with Gasteiger partial charge in [0.2, 0.25) is 0 Å². The standard InChI is InChI=1S/C21H30N4O2/c1-16-4-6-18(7-5-16)20(25-11-8-17(2)9-12-25)14-22-21(26)24(3)15-19-10-13-27-23-19/h4-7,10,13,17,20H,8-9,11-12,14-15H2,1-3H3,(H,22,26)/t20-/m0/s1. The zero-order valence-electron chi connectivity index (χ0n) is 16.5. The molecule has 1 aromatic carbocycles. The summed E-state index contributed by atoms with van der Waals surface area (Å²) in [4.78, 5) is 16.7. The van der Waals surface area contributed by atoms with Crippen molar-refractivity contribution in [1.29, 1.82) is 0 Å². The van der Waals surface area contributed by atoms with Crippen molar-refractivity contribution in [2.24, 2.45) is 5.92 Å². The number of benzene rings is 1. The van der Waals surface area contributed by atoms with E-state index in [1.807, 2.05) is 0 Å². The highest BCUT2D eigenvalue weighted by molar-refractivity contribution is 5.73. The summed E-state index contributed by atoms with van der Waals surface area (Å²) in [5, 5.41) is 6.97. The second-order valence-electron chi connectivity index (χ2n) is 7.68. The van der Waals surface area contributed by atoms with Gasteiger partial charge in [-0.2, -0.15) is 0 Å². The number of urea groups is 1. The van der Waals surface area contributed by atoms with Crippen LogP contribution in [0.1, 0.15) is 42.6 Å². The largest absolute Gasteiger partial charge is 0.364 e. The number of nitrogens with zero attached hydrogens (tertiary/aromatic N) is 3. The van der Waals surface area contributed by atoms with Crippen LogP contribution in [0.15, 0.2) is 41.1 Å². The molecule has 0 bridgehead atoms. The fraction of sp³-hybridized carbons (Fsp3) is 0.524. The third-order valence-electron chi connectivity index (χ3n) is 5.40. The van der Waals surface area contributed by atoms with E-state index in [1.54, 1.807) is 18.0 Å². The molecular weight excluding hydrogens is 340 g/mol. The number of carbonyl (C=O) groups excluding carboxylic acids is 1. The number of piperidine rings is 1. The normalized spacial score (nSPS) is 16.9. The first kappa shape index (κ1) is 19.4. The average molecular weight is 370 g/mol. The van der Waals surface area contributed by atoms with E-state index in [1.165, 1.54) is 30.2 Å². The molecule has 0 radical (unpaired) electrons. The first-order valence-corrected chi connectivity index (χ1v) is 9.71. The Morgan fingerprint density at radius 3 is 2.63 bits per heavy atom. The molecule has 0 unspecified atom stereocenters. The van der Waals surface area contributed by atoms with Crippen molar-refractivity contribution in [3.8, 4) is 0 Å². The topological polar surface area (TPSA) is 61.6 Å². The van der Waals surface area contributed by atoms with Crippen molar-refractivity contribution in [3.05, 3.63) is 53.4 Å². The van der Waals surface area contributed by atoms with E-state index in [0.717, 1.165) is 24.7 Å². The number of likely N-dealkylation sites (tertiary alicyclic amines) is 1. The molecule has 6 heteroatoms. The lowest BCUT2D eigenvalue weighted by Crippen LogP contribution is -2.44. The molecule has 0 saturated carbocycles. The molecule has 2 aromatic rings. The number of aromatic nitrogens is 1. The van der Waals surface area contributed by atoms with Gasteiger partial charge in [-0.05, 0) is 44.3 Å². The molecule has 1 aliphatic rings. The second kappa shape index (κ2) is 9.04. The Hall–Kier alpha value is -2.34. The summed E-state index contributed by atoms with van der Waals surface area (Å²) in [5.74, 6) is 0.781. The van der Waals surface area contributed by atoms with Crippen molar-refractivity contribution in [2.75, 3.05) is 26.7 Å².